The largest absolute Gasteiger partial charge is 0.459 e. The minimum Gasteiger partial charge on any atom is -0.459 e. The first-order valence-electron chi connectivity index (χ1n) is 8.77. The molecule has 26 heavy (non-hydrogen) atoms. The second kappa shape index (κ2) is 7.88. The second-order valence-electron chi connectivity index (χ2n) is 7.58. The molecule has 7 heteroatoms. The van der Waals surface area contributed by atoms with E-state index < -0.39 is 0 Å². The molecule has 0 radical (unpaired) electrons. The number of nitrogens with zero attached hydrogens (tertiary/aromatic N) is 2. The van der Waals surface area contributed by atoms with Crippen LogP contribution in [0.2, 0.25) is 0 Å². The van der Waals surface area contributed by atoms with E-state index in [1.165, 1.54) is 0 Å². The first-order valence-corrected chi connectivity index (χ1v) is 10.6. The maximum atomic E-state index is 12.3. The van der Waals surface area contributed by atoms with Crippen LogP contribution in [0.25, 0.3) is 10.6 Å². The van der Waals surface area contributed by atoms with E-state index in [4.69, 9.17) is 4.74 Å². The van der Waals surface area contributed by atoms with Crippen molar-refractivity contribution in [2.24, 2.45) is 11.3 Å². The molecule has 0 atom stereocenters. The van der Waals surface area contributed by atoms with E-state index in [1.54, 1.807) is 22.7 Å². The van der Waals surface area contributed by atoms with Crippen molar-refractivity contribution in [3.63, 3.8) is 0 Å². The number of carbonyl (C=O) groups is 2. The lowest BCUT2D eigenvalue weighted by Crippen LogP contribution is -2.45. The normalized spacial score (nSPS) is 15.9. The number of rotatable bonds is 4. The van der Waals surface area contributed by atoms with Crippen LogP contribution in [0.3, 0.4) is 0 Å². The number of ether oxygens (including phenoxy) is 1. The van der Waals surface area contributed by atoms with Crippen LogP contribution in [0, 0.1) is 11.3 Å². The van der Waals surface area contributed by atoms with Gasteiger partial charge in [-0.25, -0.2) is 4.98 Å². The third kappa shape index (κ3) is 4.51. The molecule has 140 valence electrons. The zero-order valence-corrected chi connectivity index (χ0v) is 17.0. The number of carbonyl (C=O) groups excluding carboxylic acids is 2. The van der Waals surface area contributed by atoms with Gasteiger partial charge in [-0.05, 0) is 24.3 Å². The minimum atomic E-state index is -0.377. The molecule has 2 aromatic heterocycles. The van der Waals surface area contributed by atoms with Gasteiger partial charge in [0.05, 0.1) is 11.6 Å². The summed E-state index contributed by atoms with van der Waals surface area (Å²) in [5, 5.41) is 6.96. The van der Waals surface area contributed by atoms with E-state index in [9.17, 15) is 9.59 Å². The zero-order chi connectivity index (χ0) is 18.7. The monoisotopic (exact) mass is 392 g/mol. The van der Waals surface area contributed by atoms with Gasteiger partial charge in [0.2, 0.25) is 5.91 Å². The number of thiazole rings is 1. The highest BCUT2D eigenvalue weighted by Crippen LogP contribution is 2.27. The van der Waals surface area contributed by atoms with Gasteiger partial charge in [-0.2, -0.15) is 11.3 Å². The van der Waals surface area contributed by atoms with Crippen molar-refractivity contribution < 1.29 is 14.3 Å². The average Bonchev–Trinajstić information content (AvgIpc) is 3.29. The third-order valence-electron chi connectivity index (χ3n) is 4.44. The summed E-state index contributed by atoms with van der Waals surface area (Å²) in [4.78, 5) is 31.0. The van der Waals surface area contributed by atoms with Crippen molar-refractivity contribution >= 4 is 34.6 Å². The van der Waals surface area contributed by atoms with Crippen LogP contribution in [0.5, 0.6) is 0 Å². The third-order valence-corrected chi connectivity index (χ3v) is 6.06. The van der Waals surface area contributed by atoms with Gasteiger partial charge < -0.3 is 9.64 Å². The smallest absolute Gasteiger partial charge is 0.309 e. The second-order valence-corrected chi connectivity index (χ2v) is 9.22. The molecule has 0 aromatic carbocycles. The fraction of sp³-hybridized carbons (Fsp3) is 0.526. The summed E-state index contributed by atoms with van der Waals surface area (Å²) in [6, 6.07) is 2.03. The molecule has 1 aliphatic heterocycles. The van der Waals surface area contributed by atoms with Crippen molar-refractivity contribution in [1.82, 2.24) is 9.88 Å². The standard InChI is InChI=1S/C19H24N2O3S2/c1-19(2,3)18(23)21-7-4-13(5-8-21)17(22)24-10-15-12-26-16(20-15)14-6-9-25-11-14/h6,9,11-13H,4-5,7-8,10H2,1-3H3. The number of esters is 1. The predicted octanol–water partition coefficient (Wildman–Crippen LogP) is 4.20. The van der Waals surface area contributed by atoms with Crippen molar-refractivity contribution in [2.45, 2.75) is 40.2 Å². The lowest BCUT2D eigenvalue weighted by atomic mass is 9.91. The molecule has 0 aliphatic carbocycles. The Morgan fingerprint density at radius 3 is 2.62 bits per heavy atom. The van der Waals surface area contributed by atoms with Crippen molar-refractivity contribution in [3.8, 4) is 10.6 Å². The van der Waals surface area contributed by atoms with Crippen molar-refractivity contribution in [3.05, 3.63) is 27.9 Å². The summed E-state index contributed by atoms with van der Waals surface area (Å²) >= 11 is 3.20. The molecule has 1 fully saturated rings. The average molecular weight is 393 g/mol. The molecule has 0 saturated carbocycles. The summed E-state index contributed by atoms with van der Waals surface area (Å²) in [6.45, 7) is 7.22. The number of amides is 1. The van der Waals surface area contributed by atoms with Crippen molar-refractivity contribution in [2.75, 3.05) is 13.1 Å². The summed E-state index contributed by atoms with van der Waals surface area (Å²) < 4.78 is 5.47. The maximum absolute atomic E-state index is 12.3. The molecular weight excluding hydrogens is 368 g/mol. The Morgan fingerprint density at radius 2 is 2.00 bits per heavy atom. The summed E-state index contributed by atoms with van der Waals surface area (Å²) in [6.07, 6.45) is 1.33. The van der Waals surface area contributed by atoms with Gasteiger partial charge in [0.15, 0.2) is 0 Å². The number of piperidine rings is 1. The molecule has 2 aromatic rings. The topological polar surface area (TPSA) is 59.5 Å². The van der Waals surface area contributed by atoms with Gasteiger partial charge in [0.25, 0.3) is 0 Å². The van der Waals surface area contributed by atoms with E-state index in [0.717, 1.165) is 16.3 Å². The Kier molecular flexibility index (Phi) is 5.77. The Morgan fingerprint density at radius 1 is 1.27 bits per heavy atom. The number of hydrogen-bond donors (Lipinski definition) is 0. The van der Waals surface area contributed by atoms with Gasteiger partial charge in [0, 0.05) is 34.8 Å². The minimum absolute atomic E-state index is 0.131. The quantitative estimate of drug-likeness (QED) is 0.732. The molecule has 1 amide bonds. The Bertz CT molecular complexity index is 754. The lowest BCUT2D eigenvalue weighted by Gasteiger charge is -2.34. The van der Waals surface area contributed by atoms with E-state index in [2.05, 4.69) is 10.4 Å². The van der Waals surface area contributed by atoms with E-state index in [-0.39, 0.29) is 29.8 Å². The van der Waals surface area contributed by atoms with Crippen LogP contribution in [-0.4, -0.2) is 34.8 Å². The lowest BCUT2D eigenvalue weighted by molar-refractivity contribution is -0.154. The van der Waals surface area contributed by atoms with E-state index >= 15 is 0 Å². The molecule has 3 rings (SSSR count). The Balaban J connectivity index is 1.47. The fourth-order valence-electron chi connectivity index (χ4n) is 2.95. The number of likely N-dealkylation sites (tertiary alicyclic amines) is 1. The van der Waals surface area contributed by atoms with Gasteiger partial charge in [-0.1, -0.05) is 20.8 Å². The van der Waals surface area contributed by atoms with E-state index in [1.807, 2.05) is 42.5 Å². The molecule has 0 spiro atoms. The number of hydrogen-bond acceptors (Lipinski definition) is 6. The summed E-state index contributed by atoms with van der Waals surface area (Å²) in [5.41, 5.74) is 1.51. The first kappa shape index (κ1) is 19.0. The molecule has 5 nitrogen and oxygen atoms in total. The summed E-state index contributed by atoms with van der Waals surface area (Å²) in [7, 11) is 0. The highest BCUT2D eigenvalue weighted by atomic mass is 32.1. The van der Waals surface area contributed by atoms with Gasteiger partial charge in [-0.3, -0.25) is 9.59 Å². The molecule has 1 aliphatic rings. The van der Waals surface area contributed by atoms with Crippen LogP contribution < -0.4 is 0 Å². The SMILES string of the molecule is CC(C)(C)C(=O)N1CCC(C(=O)OCc2csc(-c3ccsc3)n2)CC1. The van der Waals surface area contributed by atoms with Crippen LogP contribution in [-0.2, 0) is 20.9 Å². The Hall–Kier alpha value is -1.73. The van der Waals surface area contributed by atoms with Gasteiger partial charge in [0.1, 0.15) is 11.6 Å². The highest BCUT2D eigenvalue weighted by molar-refractivity contribution is 7.14. The van der Waals surface area contributed by atoms with Crippen molar-refractivity contribution in [1.29, 1.82) is 0 Å². The number of thiophene rings is 1. The fourth-order valence-corrected chi connectivity index (χ4v) is 4.46. The molecule has 0 unspecified atom stereocenters. The molecule has 3 heterocycles. The zero-order valence-electron chi connectivity index (χ0n) is 15.4. The van der Waals surface area contributed by atoms with E-state index in [0.29, 0.717) is 25.9 Å². The molecular formula is C19H24N2O3S2. The first-order chi connectivity index (χ1) is 12.3. The van der Waals surface area contributed by atoms with Gasteiger partial charge in [-0.15, -0.1) is 11.3 Å². The predicted molar refractivity (Wildman–Crippen MR) is 104 cm³/mol. The van der Waals surface area contributed by atoms with Crippen LogP contribution in [0.4, 0.5) is 0 Å². The molecule has 0 bridgehead atoms. The molecule has 1 saturated heterocycles. The van der Waals surface area contributed by atoms with Crippen LogP contribution >= 0.6 is 22.7 Å². The summed E-state index contributed by atoms with van der Waals surface area (Å²) in [5.74, 6) is -0.167. The molecule has 0 N–H and O–H groups in total. The Labute approximate surface area is 162 Å². The van der Waals surface area contributed by atoms with Crippen LogP contribution in [0.1, 0.15) is 39.3 Å². The van der Waals surface area contributed by atoms with Gasteiger partial charge >= 0.3 is 5.97 Å². The van der Waals surface area contributed by atoms with Crippen LogP contribution in [0.15, 0.2) is 22.2 Å². The highest BCUT2D eigenvalue weighted by Gasteiger charge is 2.33. The maximum Gasteiger partial charge on any atom is 0.309 e. The number of aromatic nitrogens is 1.